The van der Waals surface area contributed by atoms with Gasteiger partial charge in [0.25, 0.3) is 0 Å². The van der Waals surface area contributed by atoms with Gasteiger partial charge >= 0.3 is 0 Å². The summed E-state index contributed by atoms with van der Waals surface area (Å²) in [5, 5.41) is 3.34. The molecular weight excluding hydrogens is 226 g/mol. The Morgan fingerprint density at radius 3 is 2.06 bits per heavy atom. The first-order valence-electron chi connectivity index (χ1n) is 6.07. The number of nitrogens with one attached hydrogen (secondary N) is 1. The lowest BCUT2D eigenvalue weighted by atomic mass is 10.2. The second kappa shape index (κ2) is 5.21. The van der Waals surface area contributed by atoms with Crippen LogP contribution in [0.4, 0.5) is 11.4 Å². The highest BCUT2D eigenvalue weighted by Gasteiger charge is 2.17. The Kier molecular flexibility index (Phi) is 3.26. The fourth-order valence-electron chi connectivity index (χ4n) is 1.96. The minimum atomic E-state index is -0.198. The van der Waals surface area contributed by atoms with Crippen molar-refractivity contribution in [2.45, 2.75) is 6.29 Å². The van der Waals surface area contributed by atoms with Crippen LogP contribution in [0.1, 0.15) is 11.9 Å². The van der Waals surface area contributed by atoms with Crippen LogP contribution in [0, 0.1) is 0 Å². The van der Waals surface area contributed by atoms with Crippen LogP contribution in [-0.4, -0.2) is 13.2 Å². The van der Waals surface area contributed by atoms with E-state index in [-0.39, 0.29) is 6.29 Å². The number of hydrogen-bond acceptors (Lipinski definition) is 3. The van der Waals surface area contributed by atoms with Crippen molar-refractivity contribution in [3.8, 4) is 0 Å². The first kappa shape index (κ1) is 11.3. The number of para-hydroxylation sites is 1. The second-order valence-corrected chi connectivity index (χ2v) is 4.19. The highest BCUT2D eigenvalue weighted by Crippen LogP contribution is 2.25. The monoisotopic (exact) mass is 241 g/mol. The number of ether oxygens (including phenoxy) is 2. The van der Waals surface area contributed by atoms with Crippen molar-refractivity contribution in [1.82, 2.24) is 0 Å². The zero-order valence-corrected chi connectivity index (χ0v) is 10.0. The van der Waals surface area contributed by atoms with E-state index in [0.29, 0.717) is 13.2 Å². The summed E-state index contributed by atoms with van der Waals surface area (Å²) in [5.74, 6) is 0. The van der Waals surface area contributed by atoms with E-state index in [2.05, 4.69) is 5.32 Å². The number of hydrogen-bond donors (Lipinski definition) is 1. The maximum atomic E-state index is 5.45. The molecule has 0 bridgehead atoms. The quantitative estimate of drug-likeness (QED) is 0.892. The molecule has 3 rings (SSSR count). The third-order valence-electron chi connectivity index (χ3n) is 2.87. The van der Waals surface area contributed by atoms with Crippen molar-refractivity contribution in [3.63, 3.8) is 0 Å². The molecule has 1 heterocycles. The molecule has 0 amide bonds. The topological polar surface area (TPSA) is 30.5 Å². The molecule has 0 spiro atoms. The van der Waals surface area contributed by atoms with Crippen molar-refractivity contribution in [1.29, 1.82) is 0 Å². The van der Waals surface area contributed by atoms with E-state index in [4.69, 9.17) is 9.47 Å². The molecule has 0 aromatic heterocycles. The Morgan fingerprint density at radius 1 is 0.778 bits per heavy atom. The molecule has 1 saturated heterocycles. The van der Waals surface area contributed by atoms with Crippen LogP contribution in [0.15, 0.2) is 54.6 Å². The normalized spacial score (nSPS) is 15.8. The summed E-state index contributed by atoms with van der Waals surface area (Å²) < 4.78 is 10.9. The second-order valence-electron chi connectivity index (χ2n) is 4.19. The van der Waals surface area contributed by atoms with Gasteiger partial charge in [-0.15, -0.1) is 0 Å². The molecule has 0 atom stereocenters. The summed E-state index contributed by atoms with van der Waals surface area (Å²) in [4.78, 5) is 0. The molecule has 1 fully saturated rings. The Hall–Kier alpha value is -1.84. The third kappa shape index (κ3) is 2.53. The van der Waals surface area contributed by atoms with Crippen LogP contribution < -0.4 is 5.32 Å². The van der Waals surface area contributed by atoms with E-state index in [0.717, 1.165) is 16.9 Å². The van der Waals surface area contributed by atoms with Crippen LogP contribution in [0.3, 0.4) is 0 Å². The molecular formula is C15H15NO2. The lowest BCUT2D eigenvalue weighted by molar-refractivity contribution is -0.0441. The summed E-state index contributed by atoms with van der Waals surface area (Å²) >= 11 is 0. The van der Waals surface area contributed by atoms with Gasteiger partial charge in [0.05, 0.1) is 13.2 Å². The maximum Gasteiger partial charge on any atom is 0.184 e. The lowest BCUT2D eigenvalue weighted by Gasteiger charge is -2.11. The smallest absolute Gasteiger partial charge is 0.184 e. The predicted octanol–water partition coefficient (Wildman–Crippen LogP) is 3.48. The van der Waals surface area contributed by atoms with E-state index < -0.39 is 0 Å². The Bertz CT molecular complexity index is 490. The van der Waals surface area contributed by atoms with Gasteiger partial charge in [0.15, 0.2) is 6.29 Å². The summed E-state index contributed by atoms with van der Waals surface area (Å²) in [5.41, 5.74) is 3.20. The molecule has 1 aliphatic heterocycles. The summed E-state index contributed by atoms with van der Waals surface area (Å²) in [7, 11) is 0. The molecule has 1 aliphatic rings. The Balaban J connectivity index is 1.71. The largest absolute Gasteiger partial charge is 0.356 e. The van der Waals surface area contributed by atoms with E-state index in [9.17, 15) is 0 Å². The third-order valence-corrected chi connectivity index (χ3v) is 2.87. The van der Waals surface area contributed by atoms with E-state index in [1.54, 1.807) is 0 Å². The molecule has 3 heteroatoms. The van der Waals surface area contributed by atoms with E-state index >= 15 is 0 Å². The van der Waals surface area contributed by atoms with Crippen molar-refractivity contribution >= 4 is 11.4 Å². The predicted molar refractivity (Wildman–Crippen MR) is 70.8 cm³/mol. The fourth-order valence-corrected chi connectivity index (χ4v) is 1.96. The van der Waals surface area contributed by atoms with Crippen LogP contribution in [0.2, 0.25) is 0 Å². The summed E-state index contributed by atoms with van der Waals surface area (Å²) in [6.07, 6.45) is -0.198. The average Bonchev–Trinajstić information content (AvgIpc) is 2.95. The molecule has 1 N–H and O–H groups in total. The minimum absolute atomic E-state index is 0.198. The van der Waals surface area contributed by atoms with Gasteiger partial charge in [0.2, 0.25) is 0 Å². The van der Waals surface area contributed by atoms with Crippen LogP contribution in [0.25, 0.3) is 0 Å². The summed E-state index contributed by atoms with van der Waals surface area (Å²) in [6, 6.07) is 18.2. The van der Waals surface area contributed by atoms with Gasteiger partial charge in [-0.05, 0) is 24.3 Å². The first-order valence-corrected chi connectivity index (χ1v) is 6.07. The molecule has 2 aromatic carbocycles. The standard InChI is InChI=1S/C15H15NO2/c1-2-4-13(5-3-1)16-14-8-6-12(7-9-14)15-17-10-11-18-15/h1-9,15-16H,10-11H2. The zero-order chi connectivity index (χ0) is 12.2. The molecule has 0 unspecified atom stereocenters. The van der Waals surface area contributed by atoms with Crippen molar-refractivity contribution in [2.24, 2.45) is 0 Å². The SMILES string of the molecule is c1ccc(Nc2ccc(C3OCCO3)cc2)cc1. The van der Waals surface area contributed by atoms with Crippen molar-refractivity contribution in [3.05, 3.63) is 60.2 Å². The van der Waals surface area contributed by atoms with Gasteiger partial charge in [-0.1, -0.05) is 30.3 Å². The van der Waals surface area contributed by atoms with Crippen LogP contribution in [0.5, 0.6) is 0 Å². The van der Waals surface area contributed by atoms with Gasteiger partial charge in [-0.2, -0.15) is 0 Å². The lowest BCUT2D eigenvalue weighted by Crippen LogP contribution is -1.98. The van der Waals surface area contributed by atoms with Gasteiger partial charge in [0, 0.05) is 16.9 Å². The molecule has 2 aromatic rings. The molecule has 3 nitrogen and oxygen atoms in total. The maximum absolute atomic E-state index is 5.45. The number of benzene rings is 2. The van der Waals surface area contributed by atoms with E-state index in [1.807, 2.05) is 54.6 Å². The van der Waals surface area contributed by atoms with Gasteiger partial charge in [0.1, 0.15) is 0 Å². The van der Waals surface area contributed by atoms with E-state index in [1.165, 1.54) is 0 Å². The Morgan fingerprint density at radius 2 is 1.39 bits per heavy atom. The fraction of sp³-hybridized carbons (Fsp3) is 0.200. The highest BCUT2D eigenvalue weighted by atomic mass is 16.7. The zero-order valence-electron chi connectivity index (χ0n) is 10.0. The minimum Gasteiger partial charge on any atom is -0.356 e. The average molecular weight is 241 g/mol. The van der Waals surface area contributed by atoms with Crippen LogP contribution in [-0.2, 0) is 9.47 Å². The number of rotatable bonds is 3. The van der Waals surface area contributed by atoms with Gasteiger partial charge in [-0.3, -0.25) is 0 Å². The summed E-state index contributed by atoms with van der Waals surface area (Å²) in [6.45, 7) is 1.35. The van der Waals surface area contributed by atoms with Gasteiger partial charge in [-0.25, -0.2) is 0 Å². The molecule has 0 radical (unpaired) electrons. The number of anilines is 2. The van der Waals surface area contributed by atoms with Crippen molar-refractivity contribution < 1.29 is 9.47 Å². The molecule has 18 heavy (non-hydrogen) atoms. The first-order chi connectivity index (χ1) is 8.92. The molecule has 92 valence electrons. The highest BCUT2D eigenvalue weighted by molar-refractivity contribution is 5.59. The van der Waals surface area contributed by atoms with Crippen molar-refractivity contribution in [2.75, 3.05) is 18.5 Å². The Labute approximate surface area is 106 Å². The molecule has 0 aliphatic carbocycles. The van der Waals surface area contributed by atoms with Gasteiger partial charge < -0.3 is 14.8 Å². The van der Waals surface area contributed by atoms with Crippen LogP contribution >= 0.6 is 0 Å². The molecule has 0 saturated carbocycles.